The molecular formula is C27H22ClNO6. The van der Waals surface area contributed by atoms with Crippen molar-refractivity contribution in [3.8, 4) is 5.75 Å². The number of hydrogen-bond donors (Lipinski definition) is 1. The maximum atomic E-state index is 13.3. The molecule has 1 aliphatic heterocycles. The van der Waals surface area contributed by atoms with Crippen molar-refractivity contribution in [1.29, 1.82) is 0 Å². The predicted octanol–water partition coefficient (Wildman–Crippen LogP) is 5.15. The van der Waals surface area contributed by atoms with Crippen LogP contribution in [0.3, 0.4) is 0 Å². The van der Waals surface area contributed by atoms with Gasteiger partial charge in [0.1, 0.15) is 11.5 Å². The summed E-state index contributed by atoms with van der Waals surface area (Å²) in [5, 5.41) is 11.5. The molecule has 1 N–H and O–H groups in total. The van der Waals surface area contributed by atoms with E-state index in [4.69, 9.17) is 21.1 Å². The molecule has 7 nitrogen and oxygen atoms in total. The average molecular weight is 492 g/mol. The maximum absolute atomic E-state index is 13.3. The Morgan fingerprint density at radius 2 is 1.77 bits per heavy atom. The number of esters is 1. The number of ketones is 1. The lowest BCUT2D eigenvalue weighted by Crippen LogP contribution is -2.29. The van der Waals surface area contributed by atoms with Crippen molar-refractivity contribution in [2.75, 3.05) is 18.6 Å². The van der Waals surface area contributed by atoms with Gasteiger partial charge < -0.3 is 14.6 Å². The Labute approximate surface area is 207 Å². The van der Waals surface area contributed by atoms with E-state index in [2.05, 4.69) is 0 Å². The number of hydrogen-bond acceptors (Lipinski definition) is 6. The van der Waals surface area contributed by atoms with Crippen LogP contribution in [0.25, 0.3) is 5.76 Å². The summed E-state index contributed by atoms with van der Waals surface area (Å²) < 4.78 is 10.3. The maximum Gasteiger partial charge on any atom is 0.337 e. The van der Waals surface area contributed by atoms with E-state index >= 15 is 0 Å². The summed E-state index contributed by atoms with van der Waals surface area (Å²) in [7, 11) is 1.26. The minimum absolute atomic E-state index is 0.125. The molecule has 35 heavy (non-hydrogen) atoms. The highest BCUT2D eigenvalue weighted by atomic mass is 35.5. The monoisotopic (exact) mass is 491 g/mol. The summed E-state index contributed by atoms with van der Waals surface area (Å²) in [6.45, 7) is 2.21. The third-order valence-electron chi connectivity index (χ3n) is 5.61. The van der Waals surface area contributed by atoms with Gasteiger partial charge in [0.25, 0.3) is 11.7 Å². The van der Waals surface area contributed by atoms with Crippen LogP contribution in [0.2, 0.25) is 5.02 Å². The SMILES string of the molecule is CCOc1ccc(Cl)c(/C(O)=C2\C(=O)C(=O)N(c3cccc(C(=O)OC)c3)C2c2ccccc2)c1. The van der Waals surface area contributed by atoms with Gasteiger partial charge in [-0.2, -0.15) is 0 Å². The number of ether oxygens (including phenoxy) is 2. The lowest BCUT2D eigenvalue weighted by atomic mass is 9.95. The summed E-state index contributed by atoms with van der Waals surface area (Å²) in [6, 6.07) is 18.8. The fourth-order valence-corrected chi connectivity index (χ4v) is 4.24. The number of carbonyl (C=O) groups is 3. The van der Waals surface area contributed by atoms with Crippen molar-refractivity contribution in [3.63, 3.8) is 0 Å². The van der Waals surface area contributed by atoms with E-state index in [1.54, 1.807) is 60.7 Å². The van der Waals surface area contributed by atoms with Gasteiger partial charge in [0, 0.05) is 11.3 Å². The number of aliphatic hydroxyl groups excluding tert-OH is 1. The Hall–Kier alpha value is -4.10. The molecule has 0 radical (unpaired) electrons. The first-order valence-electron chi connectivity index (χ1n) is 10.8. The zero-order valence-corrected chi connectivity index (χ0v) is 19.8. The normalized spacial score (nSPS) is 16.9. The number of anilines is 1. The van der Waals surface area contributed by atoms with Gasteiger partial charge in [0.15, 0.2) is 0 Å². The average Bonchev–Trinajstić information content (AvgIpc) is 3.15. The Balaban J connectivity index is 1.94. The molecule has 1 atom stereocenters. The van der Waals surface area contributed by atoms with Gasteiger partial charge in [-0.05, 0) is 48.9 Å². The van der Waals surface area contributed by atoms with Gasteiger partial charge >= 0.3 is 5.97 Å². The van der Waals surface area contributed by atoms with Crippen LogP contribution in [0.4, 0.5) is 5.69 Å². The summed E-state index contributed by atoms with van der Waals surface area (Å²) in [6.07, 6.45) is 0. The highest BCUT2D eigenvalue weighted by Crippen LogP contribution is 2.43. The smallest absolute Gasteiger partial charge is 0.337 e. The molecule has 0 bridgehead atoms. The largest absolute Gasteiger partial charge is 0.507 e. The van der Waals surface area contributed by atoms with Gasteiger partial charge in [-0.25, -0.2) is 4.79 Å². The first kappa shape index (κ1) is 24.0. The summed E-state index contributed by atoms with van der Waals surface area (Å²) in [4.78, 5) is 40.0. The van der Waals surface area contributed by atoms with Crippen LogP contribution in [0.15, 0.2) is 78.4 Å². The second-order valence-electron chi connectivity index (χ2n) is 7.70. The fraction of sp³-hybridized carbons (Fsp3) is 0.148. The Morgan fingerprint density at radius 1 is 1.03 bits per heavy atom. The molecule has 0 aliphatic carbocycles. The van der Waals surface area contributed by atoms with Crippen LogP contribution in [0.1, 0.15) is 34.5 Å². The van der Waals surface area contributed by atoms with Gasteiger partial charge in [0.05, 0.1) is 35.9 Å². The number of aliphatic hydroxyl groups is 1. The zero-order valence-electron chi connectivity index (χ0n) is 19.0. The van der Waals surface area contributed by atoms with E-state index in [-0.39, 0.29) is 21.7 Å². The van der Waals surface area contributed by atoms with Crippen LogP contribution in [-0.2, 0) is 14.3 Å². The lowest BCUT2D eigenvalue weighted by Gasteiger charge is -2.25. The van der Waals surface area contributed by atoms with Crippen LogP contribution in [0.5, 0.6) is 5.75 Å². The second kappa shape index (κ2) is 10.0. The van der Waals surface area contributed by atoms with E-state index in [9.17, 15) is 19.5 Å². The number of Topliss-reactive ketones (excluding diaryl/α,β-unsaturated/α-hetero) is 1. The lowest BCUT2D eigenvalue weighted by molar-refractivity contribution is -0.132. The number of halogens is 1. The molecule has 3 aromatic carbocycles. The van der Waals surface area contributed by atoms with Gasteiger partial charge in [-0.3, -0.25) is 14.5 Å². The molecule has 1 unspecified atom stereocenters. The van der Waals surface area contributed by atoms with Crippen molar-refractivity contribution in [1.82, 2.24) is 0 Å². The fourth-order valence-electron chi connectivity index (χ4n) is 4.04. The molecule has 1 aliphatic rings. The van der Waals surface area contributed by atoms with Crippen molar-refractivity contribution in [3.05, 3.63) is 100 Å². The molecule has 1 heterocycles. The third-order valence-corrected chi connectivity index (χ3v) is 5.94. The molecule has 178 valence electrons. The number of amides is 1. The quantitative estimate of drug-likeness (QED) is 0.222. The molecule has 1 amide bonds. The topological polar surface area (TPSA) is 93.1 Å². The van der Waals surface area contributed by atoms with Crippen molar-refractivity contribution < 1.29 is 29.0 Å². The molecular weight excluding hydrogens is 470 g/mol. The van der Waals surface area contributed by atoms with Gasteiger partial charge in [-0.1, -0.05) is 48.0 Å². The minimum atomic E-state index is -0.962. The van der Waals surface area contributed by atoms with Crippen LogP contribution in [0, 0.1) is 0 Å². The van der Waals surface area contributed by atoms with Crippen molar-refractivity contribution in [2.45, 2.75) is 13.0 Å². The van der Waals surface area contributed by atoms with Gasteiger partial charge in [-0.15, -0.1) is 0 Å². The van der Waals surface area contributed by atoms with E-state index < -0.39 is 29.5 Å². The van der Waals surface area contributed by atoms with Crippen LogP contribution in [-0.4, -0.2) is 36.5 Å². The van der Waals surface area contributed by atoms with E-state index in [1.807, 2.05) is 6.92 Å². The Kier molecular flexibility index (Phi) is 6.89. The first-order chi connectivity index (χ1) is 16.9. The highest BCUT2D eigenvalue weighted by Gasteiger charge is 2.47. The standard InChI is InChI=1S/C27H22ClNO6/c1-3-35-19-12-13-21(28)20(15-19)24(30)22-23(16-8-5-4-6-9-16)29(26(32)25(22)31)18-11-7-10-17(14-18)27(33)34-2/h4-15,23,30H,3H2,1-2H3/b24-22+. The molecule has 0 aromatic heterocycles. The molecule has 0 spiro atoms. The summed E-state index contributed by atoms with van der Waals surface area (Å²) in [5.41, 5.74) is 1.15. The van der Waals surface area contributed by atoms with E-state index in [0.29, 0.717) is 23.6 Å². The molecule has 1 fully saturated rings. The number of carbonyl (C=O) groups excluding carboxylic acids is 3. The molecule has 0 saturated carbocycles. The van der Waals surface area contributed by atoms with Gasteiger partial charge in [0.2, 0.25) is 0 Å². The molecule has 8 heteroatoms. The van der Waals surface area contributed by atoms with Crippen LogP contribution < -0.4 is 9.64 Å². The van der Waals surface area contributed by atoms with Crippen molar-refractivity contribution >= 4 is 40.7 Å². The number of nitrogens with zero attached hydrogens (tertiary/aromatic N) is 1. The van der Waals surface area contributed by atoms with E-state index in [0.717, 1.165) is 0 Å². The molecule has 3 aromatic rings. The third kappa shape index (κ3) is 4.50. The Morgan fingerprint density at radius 3 is 2.46 bits per heavy atom. The second-order valence-corrected chi connectivity index (χ2v) is 8.10. The minimum Gasteiger partial charge on any atom is -0.507 e. The number of methoxy groups -OCH3 is 1. The predicted molar refractivity (Wildman–Crippen MR) is 132 cm³/mol. The molecule has 1 saturated heterocycles. The first-order valence-corrected chi connectivity index (χ1v) is 11.2. The van der Waals surface area contributed by atoms with E-state index in [1.165, 1.54) is 24.1 Å². The number of benzene rings is 3. The number of rotatable bonds is 6. The van der Waals surface area contributed by atoms with Crippen molar-refractivity contribution in [2.24, 2.45) is 0 Å². The van der Waals surface area contributed by atoms with Crippen LogP contribution >= 0.6 is 11.6 Å². The highest BCUT2D eigenvalue weighted by molar-refractivity contribution is 6.52. The molecule has 4 rings (SSSR count). The Bertz CT molecular complexity index is 1330. The summed E-state index contributed by atoms with van der Waals surface area (Å²) >= 11 is 6.36. The summed E-state index contributed by atoms with van der Waals surface area (Å²) in [5.74, 6) is -2.28. The zero-order chi connectivity index (χ0) is 25.1.